The summed E-state index contributed by atoms with van der Waals surface area (Å²) in [6.45, 7) is 1.11. The van der Waals surface area contributed by atoms with Gasteiger partial charge in [0, 0.05) is 13.1 Å². The lowest BCUT2D eigenvalue weighted by atomic mass is 10.1. The van der Waals surface area contributed by atoms with E-state index >= 15 is 0 Å². The maximum atomic E-state index is 12.1. The summed E-state index contributed by atoms with van der Waals surface area (Å²) in [5.41, 5.74) is 0. The van der Waals surface area contributed by atoms with Gasteiger partial charge in [0.15, 0.2) is 0 Å². The molecule has 0 unspecified atom stereocenters. The summed E-state index contributed by atoms with van der Waals surface area (Å²) in [5.74, 6) is 0.0799. The number of anilines is 1. The zero-order valence-electron chi connectivity index (χ0n) is 11.4. The molecule has 0 spiro atoms. The Morgan fingerprint density at radius 3 is 3.24 bits per heavy atom. The molecule has 1 amide bonds. The van der Waals surface area contributed by atoms with Crippen LogP contribution in [0.3, 0.4) is 0 Å². The molecule has 1 aliphatic rings. The quantitative estimate of drug-likeness (QED) is 0.834. The van der Waals surface area contributed by atoms with Crippen LogP contribution in [0.5, 0.6) is 0 Å². The molecule has 1 atom stereocenters. The maximum Gasteiger partial charge on any atom is 0.308 e. The minimum absolute atomic E-state index is 0.00202. The van der Waals surface area contributed by atoms with Crippen molar-refractivity contribution in [3.8, 4) is 0 Å². The Hall–Kier alpha value is -2.22. The number of hydrogen-bond donors (Lipinski definition) is 1. The molecular weight excluding hydrogens is 292 g/mol. The fourth-order valence-electron chi connectivity index (χ4n) is 2.42. The number of carbonyl (C=O) groups excluding carboxylic acids is 2. The van der Waals surface area contributed by atoms with Gasteiger partial charge in [-0.25, -0.2) is 9.97 Å². The molecule has 1 saturated heterocycles. The van der Waals surface area contributed by atoms with Crippen molar-refractivity contribution in [3.63, 3.8) is 0 Å². The number of ether oxygens (including phenoxy) is 1. The van der Waals surface area contributed by atoms with Crippen LogP contribution >= 0.6 is 11.3 Å². The predicted octanol–water partition coefficient (Wildman–Crippen LogP) is 0.559. The number of thiophene rings is 1. The number of fused-ring (bicyclic) bond motifs is 1. The first-order valence-electron chi connectivity index (χ1n) is 6.50. The van der Waals surface area contributed by atoms with Crippen molar-refractivity contribution >= 4 is 39.2 Å². The number of piperazine rings is 1. The normalized spacial score (nSPS) is 18.6. The molecule has 2 aromatic heterocycles. The van der Waals surface area contributed by atoms with Gasteiger partial charge in [0.1, 0.15) is 23.0 Å². The minimum Gasteiger partial charge on any atom is -0.469 e. The number of esters is 1. The van der Waals surface area contributed by atoms with Crippen molar-refractivity contribution in [2.45, 2.75) is 12.5 Å². The van der Waals surface area contributed by atoms with E-state index in [1.54, 1.807) is 0 Å². The molecule has 2 aromatic rings. The number of aromatic nitrogens is 2. The Bertz CT molecular complexity index is 687. The molecule has 0 saturated carbocycles. The van der Waals surface area contributed by atoms with Crippen molar-refractivity contribution in [2.75, 3.05) is 25.1 Å². The molecule has 3 heterocycles. The lowest BCUT2D eigenvalue weighted by molar-refractivity contribution is -0.143. The van der Waals surface area contributed by atoms with Gasteiger partial charge < -0.3 is 15.0 Å². The van der Waals surface area contributed by atoms with Crippen LogP contribution < -0.4 is 10.2 Å². The van der Waals surface area contributed by atoms with Gasteiger partial charge in [-0.2, -0.15) is 0 Å². The van der Waals surface area contributed by atoms with E-state index in [-0.39, 0.29) is 12.3 Å². The highest BCUT2D eigenvalue weighted by Crippen LogP contribution is 2.29. The first-order valence-corrected chi connectivity index (χ1v) is 7.38. The summed E-state index contributed by atoms with van der Waals surface area (Å²) in [6.07, 6.45) is 1.48. The zero-order valence-corrected chi connectivity index (χ0v) is 12.2. The number of rotatable bonds is 3. The zero-order chi connectivity index (χ0) is 14.8. The number of amides is 1. The highest BCUT2D eigenvalue weighted by atomic mass is 32.1. The van der Waals surface area contributed by atoms with Crippen LogP contribution in [0.15, 0.2) is 17.8 Å². The van der Waals surface area contributed by atoms with Gasteiger partial charge in [0.25, 0.3) is 0 Å². The van der Waals surface area contributed by atoms with E-state index in [0.29, 0.717) is 18.9 Å². The molecule has 7 nitrogen and oxygen atoms in total. The lowest BCUT2D eigenvalue weighted by Gasteiger charge is -2.35. The smallest absolute Gasteiger partial charge is 0.308 e. The highest BCUT2D eigenvalue weighted by molar-refractivity contribution is 7.16. The number of nitrogens with zero attached hydrogens (tertiary/aromatic N) is 3. The molecule has 110 valence electrons. The molecule has 0 bridgehead atoms. The molecule has 1 aliphatic heterocycles. The Kier molecular flexibility index (Phi) is 3.70. The SMILES string of the molecule is COC(=O)C[C@H]1C(=O)NCCN1c1ncnc2sccc12. The van der Waals surface area contributed by atoms with Crippen LogP contribution in [0.4, 0.5) is 5.82 Å². The molecule has 1 fully saturated rings. The van der Waals surface area contributed by atoms with Crippen molar-refractivity contribution in [3.05, 3.63) is 17.8 Å². The maximum absolute atomic E-state index is 12.1. The van der Waals surface area contributed by atoms with Gasteiger partial charge in [-0.15, -0.1) is 11.3 Å². The summed E-state index contributed by atoms with van der Waals surface area (Å²) in [5, 5.41) is 5.60. The number of nitrogens with one attached hydrogen (secondary N) is 1. The van der Waals surface area contributed by atoms with Crippen LogP contribution in [-0.2, 0) is 14.3 Å². The van der Waals surface area contributed by atoms with Gasteiger partial charge in [0.05, 0.1) is 18.9 Å². The summed E-state index contributed by atoms with van der Waals surface area (Å²) in [6, 6.07) is 1.32. The number of methoxy groups -OCH3 is 1. The summed E-state index contributed by atoms with van der Waals surface area (Å²) in [7, 11) is 1.31. The highest BCUT2D eigenvalue weighted by Gasteiger charge is 2.33. The van der Waals surface area contributed by atoms with E-state index in [9.17, 15) is 9.59 Å². The third-order valence-corrected chi connectivity index (χ3v) is 4.25. The molecule has 3 rings (SSSR count). The molecule has 8 heteroatoms. The van der Waals surface area contributed by atoms with Gasteiger partial charge in [-0.3, -0.25) is 9.59 Å². The minimum atomic E-state index is -0.607. The standard InChI is InChI=1S/C13H14N4O3S/c1-20-10(18)6-9-12(19)14-3-4-17(9)11-8-2-5-21-13(8)16-7-15-11/h2,5,7,9H,3-4,6H2,1H3,(H,14,19)/t9-/m0/s1. The average Bonchev–Trinajstić information content (AvgIpc) is 2.97. The van der Waals surface area contributed by atoms with E-state index < -0.39 is 12.0 Å². The van der Waals surface area contributed by atoms with Gasteiger partial charge in [-0.05, 0) is 11.4 Å². The van der Waals surface area contributed by atoms with Crippen LogP contribution in [0, 0.1) is 0 Å². The summed E-state index contributed by atoms with van der Waals surface area (Å²) in [4.78, 5) is 34.9. The van der Waals surface area contributed by atoms with Crippen LogP contribution in [0.25, 0.3) is 10.2 Å². The second-order valence-corrected chi connectivity index (χ2v) is 5.51. The molecule has 21 heavy (non-hydrogen) atoms. The predicted molar refractivity (Wildman–Crippen MR) is 78.2 cm³/mol. The number of carbonyl (C=O) groups is 2. The molecule has 0 aliphatic carbocycles. The first kappa shape index (κ1) is 13.7. The molecular formula is C13H14N4O3S. The van der Waals surface area contributed by atoms with Crippen molar-refractivity contribution in [2.24, 2.45) is 0 Å². The third kappa shape index (κ3) is 2.54. The van der Waals surface area contributed by atoms with Crippen molar-refractivity contribution < 1.29 is 14.3 Å². The van der Waals surface area contributed by atoms with Crippen molar-refractivity contribution in [1.82, 2.24) is 15.3 Å². The third-order valence-electron chi connectivity index (χ3n) is 3.43. The van der Waals surface area contributed by atoms with E-state index in [1.807, 2.05) is 16.3 Å². The Balaban J connectivity index is 1.99. The van der Waals surface area contributed by atoms with E-state index in [2.05, 4.69) is 20.0 Å². The second kappa shape index (κ2) is 5.65. The largest absolute Gasteiger partial charge is 0.469 e. The summed E-state index contributed by atoms with van der Waals surface area (Å²) >= 11 is 1.52. The second-order valence-electron chi connectivity index (χ2n) is 4.62. The average molecular weight is 306 g/mol. The van der Waals surface area contributed by atoms with E-state index in [1.165, 1.54) is 24.8 Å². The van der Waals surface area contributed by atoms with Gasteiger partial charge >= 0.3 is 5.97 Å². The Labute approximate surface area is 124 Å². The van der Waals surface area contributed by atoms with Gasteiger partial charge in [0.2, 0.25) is 5.91 Å². The van der Waals surface area contributed by atoms with Crippen molar-refractivity contribution in [1.29, 1.82) is 0 Å². The molecule has 0 radical (unpaired) electrons. The first-order chi connectivity index (χ1) is 10.2. The molecule has 0 aromatic carbocycles. The lowest BCUT2D eigenvalue weighted by Crippen LogP contribution is -2.56. The van der Waals surface area contributed by atoms with E-state index in [4.69, 9.17) is 0 Å². The van der Waals surface area contributed by atoms with Gasteiger partial charge in [-0.1, -0.05) is 0 Å². The monoisotopic (exact) mass is 306 g/mol. The van der Waals surface area contributed by atoms with Crippen LogP contribution in [0.2, 0.25) is 0 Å². The van der Waals surface area contributed by atoms with Crippen LogP contribution in [0.1, 0.15) is 6.42 Å². The molecule has 1 N–H and O–H groups in total. The Morgan fingerprint density at radius 2 is 2.43 bits per heavy atom. The summed E-state index contributed by atoms with van der Waals surface area (Å²) < 4.78 is 4.68. The fraction of sp³-hybridized carbons (Fsp3) is 0.385. The topological polar surface area (TPSA) is 84.4 Å². The Morgan fingerprint density at radius 1 is 1.57 bits per heavy atom. The number of hydrogen-bond acceptors (Lipinski definition) is 7. The van der Waals surface area contributed by atoms with E-state index in [0.717, 1.165) is 10.2 Å². The van der Waals surface area contributed by atoms with Crippen LogP contribution in [-0.4, -0.2) is 48.1 Å². The fourth-order valence-corrected chi connectivity index (χ4v) is 3.15.